The number of ether oxygens (including phenoxy) is 5. The number of anilines is 2. The Labute approximate surface area is 255 Å². The number of carbonyl (C=O) groups is 1. The molecule has 0 saturated carbocycles. The monoisotopic (exact) mass is 622 g/mol. The molecule has 2 aromatic heterocycles. The summed E-state index contributed by atoms with van der Waals surface area (Å²) in [6.45, 7) is 0. The average Bonchev–Trinajstić information content (AvgIpc) is 3.48. The Kier molecular flexibility index (Phi) is 7.72. The Bertz CT molecular complexity index is 1630. The van der Waals surface area contributed by atoms with E-state index in [1.807, 2.05) is 36.4 Å². The highest BCUT2D eigenvalue weighted by Gasteiger charge is 2.49. The largest absolute Gasteiger partial charge is 0.497 e. The van der Waals surface area contributed by atoms with Gasteiger partial charge in [0.05, 0.1) is 14.2 Å². The van der Waals surface area contributed by atoms with Crippen LogP contribution in [0.4, 0.5) is 10.3 Å². The summed E-state index contributed by atoms with van der Waals surface area (Å²) >= 11 is 2.93. The van der Waals surface area contributed by atoms with E-state index in [4.69, 9.17) is 23.7 Å². The molecular formula is C29H30N6O6S2. The quantitative estimate of drug-likeness (QED) is 0.175. The van der Waals surface area contributed by atoms with Gasteiger partial charge in [0.15, 0.2) is 12.3 Å². The van der Waals surface area contributed by atoms with E-state index in [9.17, 15) is 4.79 Å². The van der Waals surface area contributed by atoms with Crippen LogP contribution in [-0.4, -0.2) is 65.1 Å². The standard InChI is InChI=1S/C29H30N6O6S2/c1-37-17-7-9-19-15(11-17)13-21(39-19)25-27(41-25)31-29-35-33-24(43-29)6-4-3-5-23-32-34-28(42-23)30-26(36)22-14-16-12-18(38-2)8-10-20(16)40-22/h7-12,21-22,25,27H,3-6,13-14H2,1-2H3,(H,31,35)(H,30,34,36). The smallest absolute Gasteiger partial charge is 0.267 e. The second-order valence-corrected chi connectivity index (χ2v) is 12.6. The molecule has 43 heavy (non-hydrogen) atoms. The fourth-order valence-electron chi connectivity index (χ4n) is 5.26. The van der Waals surface area contributed by atoms with Crippen LogP contribution in [0.25, 0.3) is 0 Å². The van der Waals surface area contributed by atoms with Gasteiger partial charge in [0.25, 0.3) is 5.91 Å². The lowest BCUT2D eigenvalue weighted by molar-refractivity contribution is -0.122. The van der Waals surface area contributed by atoms with Crippen LogP contribution in [0.2, 0.25) is 0 Å². The van der Waals surface area contributed by atoms with Crippen molar-refractivity contribution in [2.45, 2.75) is 63.1 Å². The van der Waals surface area contributed by atoms with Crippen molar-refractivity contribution in [1.29, 1.82) is 0 Å². The first-order valence-electron chi connectivity index (χ1n) is 14.1. The summed E-state index contributed by atoms with van der Waals surface area (Å²) in [6.07, 6.45) is 3.95. The SMILES string of the molecule is COc1ccc2c(c1)CC(C(=O)Nc1nnc(CCCCc3nnc(NC4OC4C4Cc5cc(OC)ccc5O4)s3)s1)O2. The van der Waals surface area contributed by atoms with E-state index < -0.39 is 6.10 Å². The van der Waals surface area contributed by atoms with E-state index in [1.54, 1.807) is 25.6 Å². The zero-order valence-corrected chi connectivity index (χ0v) is 25.2. The lowest BCUT2D eigenvalue weighted by Crippen LogP contribution is -2.31. The van der Waals surface area contributed by atoms with Gasteiger partial charge in [0, 0.05) is 36.8 Å². The number of methoxy groups -OCH3 is 2. The number of aryl methyl sites for hydroxylation is 2. The zero-order valence-electron chi connectivity index (χ0n) is 23.6. The number of aromatic nitrogens is 4. The van der Waals surface area contributed by atoms with E-state index in [0.717, 1.165) is 75.6 Å². The van der Waals surface area contributed by atoms with Crippen molar-refractivity contribution in [1.82, 2.24) is 20.4 Å². The second kappa shape index (κ2) is 11.9. The average molecular weight is 623 g/mol. The number of nitrogens with zero attached hydrogens (tertiary/aromatic N) is 4. The normalized spacial score (nSPS) is 21.3. The summed E-state index contributed by atoms with van der Waals surface area (Å²) in [5.41, 5.74) is 2.09. The van der Waals surface area contributed by atoms with Gasteiger partial charge in [-0.05, 0) is 49.2 Å². The van der Waals surface area contributed by atoms with Gasteiger partial charge in [-0.2, -0.15) is 0 Å². The van der Waals surface area contributed by atoms with E-state index in [0.29, 0.717) is 17.3 Å². The topological polar surface area (TPSA) is 142 Å². The molecule has 4 unspecified atom stereocenters. The van der Waals surface area contributed by atoms with Crippen molar-refractivity contribution in [2.75, 3.05) is 24.9 Å². The number of hydrogen-bond acceptors (Lipinski definition) is 13. The van der Waals surface area contributed by atoms with Crippen molar-refractivity contribution < 1.29 is 28.5 Å². The third-order valence-corrected chi connectivity index (χ3v) is 9.37. The van der Waals surface area contributed by atoms with Gasteiger partial charge in [-0.1, -0.05) is 22.7 Å². The van der Waals surface area contributed by atoms with Gasteiger partial charge in [0.2, 0.25) is 10.3 Å². The van der Waals surface area contributed by atoms with Gasteiger partial charge in [-0.15, -0.1) is 20.4 Å². The van der Waals surface area contributed by atoms with Gasteiger partial charge < -0.3 is 29.0 Å². The Morgan fingerprint density at radius 2 is 1.49 bits per heavy atom. The van der Waals surface area contributed by atoms with Crippen LogP contribution >= 0.6 is 22.7 Å². The van der Waals surface area contributed by atoms with Crippen molar-refractivity contribution >= 4 is 38.8 Å². The summed E-state index contributed by atoms with van der Waals surface area (Å²) in [5, 5.41) is 26.2. The van der Waals surface area contributed by atoms with Crippen LogP contribution in [0.1, 0.15) is 34.0 Å². The minimum Gasteiger partial charge on any atom is -0.497 e. The molecule has 0 aliphatic carbocycles. The maximum atomic E-state index is 12.7. The third-order valence-electron chi connectivity index (χ3n) is 7.55. The van der Waals surface area contributed by atoms with Crippen molar-refractivity contribution in [3.63, 3.8) is 0 Å². The number of amides is 1. The van der Waals surface area contributed by atoms with Crippen LogP contribution in [0.5, 0.6) is 23.0 Å². The number of fused-ring (bicyclic) bond motifs is 2. The van der Waals surface area contributed by atoms with E-state index >= 15 is 0 Å². The lowest BCUT2D eigenvalue weighted by atomic mass is 10.1. The number of hydrogen-bond donors (Lipinski definition) is 2. The van der Waals surface area contributed by atoms with Crippen molar-refractivity contribution in [3.8, 4) is 23.0 Å². The van der Waals surface area contributed by atoms with Gasteiger partial charge in [-0.3, -0.25) is 10.1 Å². The molecule has 1 fully saturated rings. The maximum Gasteiger partial charge on any atom is 0.267 e. The first-order valence-corrected chi connectivity index (χ1v) is 15.7. The highest BCUT2D eigenvalue weighted by atomic mass is 32.1. The first-order chi connectivity index (χ1) is 21.0. The molecular weight excluding hydrogens is 592 g/mol. The van der Waals surface area contributed by atoms with Crippen LogP contribution in [0.3, 0.4) is 0 Å². The number of epoxide rings is 1. The molecule has 4 atom stereocenters. The van der Waals surface area contributed by atoms with Gasteiger partial charge in [-0.25, -0.2) is 0 Å². The predicted molar refractivity (Wildman–Crippen MR) is 160 cm³/mol. The molecule has 2 aromatic carbocycles. The number of carbonyl (C=O) groups excluding carboxylic acids is 1. The Balaban J connectivity index is 0.812. The van der Waals surface area contributed by atoms with E-state index in [2.05, 4.69) is 31.0 Å². The van der Waals surface area contributed by atoms with Gasteiger partial charge in [0.1, 0.15) is 45.2 Å². The third kappa shape index (κ3) is 6.21. The molecule has 14 heteroatoms. The number of benzene rings is 2. The van der Waals surface area contributed by atoms with Crippen molar-refractivity contribution in [2.24, 2.45) is 0 Å². The fourth-order valence-corrected chi connectivity index (χ4v) is 6.85. The Hall–Kier alpha value is -4.01. The van der Waals surface area contributed by atoms with E-state index in [-0.39, 0.29) is 24.3 Å². The van der Waals surface area contributed by atoms with Crippen LogP contribution in [-0.2, 0) is 35.2 Å². The molecule has 0 bridgehead atoms. The molecule has 2 N–H and O–H groups in total. The molecule has 5 heterocycles. The van der Waals surface area contributed by atoms with Crippen LogP contribution in [0.15, 0.2) is 36.4 Å². The Morgan fingerprint density at radius 3 is 2.19 bits per heavy atom. The van der Waals surface area contributed by atoms with Gasteiger partial charge >= 0.3 is 0 Å². The minimum atomic E-state index is -0.601. The van der Waals surface area contributed by atoms with Crippen LogP contribution in [0, 0.1) is 0 Å². The summed E-state index contributed by atoms with van der Waals surface area (Å²) in [4.78, 5) is 12.7. The molecule has 1 saturated heterocycles. The minimum absolute atomic E-state index is 0.0287. The number of unbranched alkanes of at least 4 members (excludes halogenated alkanes) is 1. The molecule has 224 valence electrons. The zero-order chi connectivity index (χ0) is 29.3. The summed E-state index contributed by atoms with van der Waals surface area (Å²) in [5.74, 6) is 2.93. The van der Waals surface area contributed by atoms with Crippen molar-refractivity contribution in [3.05, 3.63) is 57.5 Å². The summed E-state index contributed by atoms with van der Waals surface area (Å²) in [7, 11) is 3.28. The molecule has 0 radical (unpaired) electrons. The lowest BCUT2D eigenvalue weighted by Gasteiger charge is -2.08. The number of rotatable bonds is 12. The molecule has 3 aliphatic rings. The Morgan fingerprint density at radius 1 is 0.860 bits per heavy atom. The highest BCUT2D eigenvalue weighted by Crippen LogP contribution is 2.39. The predicted octanol–water partition coefficient (Wildman–Crippen LogP) is 4.05. The second-order valence-electron chi connectivity index (χ2n) is 10.5. The fraction of sp³-hybridized carbons (Fsp3) is 0.414. The first kappa shape index (κ1) is 27.8. The van der Waals surface area contributed by atoms with Crippen LogP contribution < -0.4 is 29.6 Å². The maximum absolute atomic E-state index is 12.7. The molecule has 12 nitrogen and oxygen atoms in total. The molecule has 7 rings (SSSR count). The number of nitrogens with one attached hydrogen (secondary N) is 2. The molecule has 3 aliphatic heterocycles. The van der Waals surface area contributed by atoms with E-state index in [1.165, 1.54) is 11.3 Å². The molecule has 1 amide bonds. The molecule has 0 spiro atoms. The highest BCUT2D eigenvalue weighted by molar-refractivity contribution is 7.15. The molecule has 4 aromatic rings. The summed E-state index contributed by atoms with van der Waals surface area (Å²) in [6, 6.07) is 11.4. The summed E-state index contributed by atoms with van der Waals surface area (Å²) < 4.78 is 28.3.